The maximum absolute atomic E-state index is 13.6. The third kappa shape index (κ3) is 5.94. The van der Waals surface area contributed by atoms with Gasteiger partial charge in [-0.2, -0.15) is 0 Å². The smallest absolute Gasteiger partial charge is 0.335 e. The van der Waals surface area contributed by atoms with Gasteiger partial charge in [0.25, 0.3) is 11.8 Å². The van der Waals surface area contributed by atoms with Gasteiger partial charge in [0.2, 0.25) is 0 Å². The van der Waals surface area contributed by atoms with Crippen LogP contribution in [0.4, 0.5) is 10.5 Å². The molecule has 0 saturated carbocycles. The van der Waals surface area contributed by atoms with Crippen molar-refractivity contribution in [3.63, 3.8) is 0 Å². The zero-order valence-corrected chi connectivity index (χ0v) is 24.4. The van der Waals surface area contributed by atoms with E-state index in [2.05, 4.69) is 29.6 Å². The monoisotopic (exact) mass is 582 g/mol. The van der Waals surface area contributed by atoms with Gasteiger partial charge in [-0.1, -0.05) is 84.4 Å². The highest BCUT2D eigenvalue weighted by atomic mass is 16.5. The van der Waals surface area contributed by atoms with Crippen LogP contribution in [-0.2, 0) is 22.8 Å². The van der Waals surface area contributed by atoms with Crippen LogP contribution < -0.4 is 19.7 Å². The molecule has 0 spiro atoms. The van der Waals surface area contributed by atoms with E-state index >= 15 is 0 Å². The molecule has 1 aliphatic heterocycles. The Labute approximate surface area is 255 Å². The predicted molar refractivity (Wildman–Crippen MR) is 170 cm³/mol. The van der Waals surface area contributed by atoms with E-state index in [4.69, 9.17) is 9.47 Å². The Kier molecular flexibility index (Phi) is 7.93. The molecular formula is C37H30N2O5. The van der Waals surface area contributed by atoms with Crippen molar-refractivity contribution in [2.24, 2.45) is 0 Å². The summed E-state index contributed by atoms with van der Waals surface area (Å²) in [6.45, 7) is 4.75. The molecule has 6 rings (SSSR count). The van der Waals surface area contributed by atoms with Crippen molar-refractivity contribution < 1.29 is 23.9 Å². The topological polar surface area (TPSA) is 84.9 Å². The Morgan fingerprint density at radius 1 is 0.727 bits per heavy atom. The molecule has 5 aromatic rings. The summed E-state index contributed by atoms with van der Waals surface area (Å²) in [4.78, 5) is 40.2. The Balaban J connectivity index is 1.21. The normalized spacial score (nSPS) is 14.2. The SMILES string of the molecule is Cc1ccc(COc2ccc(N3C(=O)NC(=O)/C(=C\c4ccccc4OCc4c(C)ccc5ccccc45)C3=O)cc2)cc1. The number of anilines is 1. The van der Waals surface area contributed by atoms with Gasteiger partial charge in [-0.3, -0.25) is 14.9 Å². The number of nitrogens with zero attached hydrogens (tertiary/aromatic N) is 1. The lowest BCUT2D eigenvalue weighted by molar-refractivity contribution is -0.122. The van der Waals surface area contributed by atoms with E-state index in [1.54, 1.807) is 42.5 Å². The molecule has 218 valence electrons. The second-order valence-corrected chi connectivity index (χ2v) is 10.6. The zero-order chi connectivity index (χ0) is 30.6. The average Bonchev–Trinajstić information content (AvgIpc) is 3.03. The molecular weight excluding hydrogens is 552 g/mol. The van der Waals surface area contributed by atoms with Gasteiger partial charge in [0.05, 0.1) is 5.69 Å². The highest BCUT2D eigenvalue weighted by Crippen LogP contribution is 2.29. The number of carbonyl (C=O) groups excluding carboxylic acids is 3. The minimum absolute atomic E-state index is 0.179. The van der Waals surface area contributed by atoms with Crippen LogP contribution in [0.5, 0.6) is 11.5 Å². The number of nitrogens with one attached hydrogen (secondary N) is 1. The fourth-order valence-electron chi connectivity index (χ4n) is 5.11. The number of amides is 4. The van der Waals surface area contributed by atoms with Crippen molar-refractivity contribution >= 4 is 40.4 Å². The molecule has 7 heteroatoms. The van der Waals surface area contributed by atoms with Gasteiger partial charge in [-0.25, -0.2) is 9.69 Å². The summed E-state index contributed by atoms with van der Waals surface area (Å²) in [7, 11) is 0. The third-order valence-electron chi connectivity index (χ3n) is 7.59. The number of carbonyl (C=O) groups is 3. The van der Waals surface area contributed by atoms with E-state index in [1.165, 1.54) is 11.6 Å². The maximum Gasteiger partial charge on any atom is 0.335 e. The van der Waals surface area contributed by atoms with Crippen LogP contribution in [0.15, 0.2) is 115 Å². The van der Waals surface area contributed by atoms with Gasteiger partial charge in [0, 0.05) is 11.1 Å². The highest BCUT2D eigenvalue weighted by molar-refractivity contribution is 6.39. The molecule has 1 saturated heterocycles. The molecule has 0 radical (unpaired) electrons. The van der Waals surface area contributed by atoms with Crippen LogP contribution in [0.2, 0.25) is 0 Å². The Bertz CT molecular complexity index is 1910. The number of rotatable bonds is 8. The lowest BCUT2D eigenvalue weighted by atomic mass is 10.0. The first-order chi connectivity index (χ1) is 21.4. The summed E-state index contributed by atoms with van der Waals surface area (Å²) in [5.74, 6) is -0.411. The first kappa shape index (κ1) is 28.4. The number of benzene rings is 5. The van der Waals surface area contributed by atoms with Gasteiger partial charge in [0.1, 0.15) is 30.3 Å². The highest BCUT2D eigenvalue weighted by Gasteiger charge is 2.37. The van der Waals surface area contributed by atoms with Crippen molar-refractivity contribution in [3.8, 4) is 11.5 Å². The molecule has 0 bridgehead atoms. The van der Waals surface area contributed by atoms with Crippen LogP contribution in [0, 0.1) is 13.8 Å². The largest absolute Gasteiger partial charge is 0.489 e. The number of ether oxygens (including phenoxy) is 2. The summed E-state index contributed by atoms with van der Waals surface area (Å²) in [6, 6.07) is 33.2. The van der Waals surface area contributed by atoms with Gasteiger partial charge >= 0.3 is 6.03 Å². The van der Waals surface area contributed by atoms with Crippen LogP contribution in [0.25, 0.3) is 16.8 Å². The molecule has 1 aliphatic rings. The van der Waals surface area contributed by atoms with Crippen molar-refractivity contribution in [2.75, 3.05) is 4.90 Å². The second kappa shape index (κ2) is 12.3. The predicted octanol–water partition coefficient (Wildman–Crippen LogP) is 7.28. The summed E-state index contributed by atoms with van der Waals surface area (Å²) >= 11 is 0. The van der Waals surface area contributed by atoms with Gasteiger partial charge in [-0.05, 0) is 72.2 Å². The summed E-state index contributed by atoms with van der Waals surface area (Å²) in [5.41, 5.74) is 5.02. The minimum Gasteiger partial charge on any atom is -0.489 e. The third-order valence-corrected chi connectivity index (χ3v) is 7.59. The van der Waals surface area contributed by atoms with E-state index in [9.17, 15) is 14.4 Å². The quantitative estimate of drug-likeness (QED) is 0.154. The van der Waals surface area contributed by atoms with Crippen LogP contribution in [-0.4, -0.2) is 17.8 Å². The lowest BCUT2D eigenvalue weighted by Crippen LogP contribution is -2.54. The van der Waals surface area contributed by atoms with Crippen molar-refractivity contribution in [1.82, 2.24) is 5.32 Å². The van der Waals surface area contributed by atoms with E-state index in [1.807, 2.05) is 56.3 Å². The number of barbiturate groups is 1. The number of urea groups is 1. The van der Waals surface area contributed by atoms with E-state index < -0.39 is 17.8 Å². The van der Waals surface area contributed by atoms with Crippen molar-refractivity contribution in [3.05, 3.63) is 143 Å². The molecule has 7 nitrogen and oxygen atoms in total. The Morgan fingerprint density at radius 2 is 1.45 bits per heavy atom. The number of fused-ring (bicyclic) bond motifs is 1. The number of aryl methyl sites for hydroxylation is 2. The molecule has 4 amide bonds. The number of hydrogen-bond acceptors (Lipinski definition) is 5. The molecule has 1 heterocycles. The first-order valence-electron chi connectivity index (χ1n) is 14.3. The zero-order valence-electron chi connectivity index (χ0n) is 24.4. The molecule has 44 heavy (non-hydrogen) atoms. The van der Waals surface area contributed by atoms with E-state index in [0.717, 1.165) is 32.4 Å². The summed E-state index contributed by atoms with van der Waals surface area (Å²) < 4.78 is 12.1. The van der Waals surface area contributed by atoms with Crippen LogP contribution >= 0.6 is 0 Å². The molecule has 1 fully saturated rings. The maximum atomic E-state index is 13.6. The number of hydrogen-bond donors (Lipinski definition) is 1. The van der Waals surface area contributed by atoms with E-state index in [0.29, 0.717) is 36.0 Å². The lowest BCUT2D eigenvalue weighted by Gasteiger charge is -2.26. The van der Waals surface area contributed by atoms with Crippen molar-refractivity contribution in [1.29, 1.82) is 0 Å². The molecule has 1 N–H and O–H groups in total. The fourth-order valence-corrected chi connectivity index (χ4v) is 5.11. The van der Waals surface area contributed by atoms with E-state index in [-0.39, 0.29) is 5.57 Å². The van der Waals surface area contributed by atoms with Crippen LogP contribution in [0.3, 0.4) is 0 Å². The molecule has 0 aromatic heterocycles. The average molecular weight is 583 g/mol. The number of para-hydroxylation sites is 1. The summed E-state index contributed by atoms with van der Waals surface area (Å²) in [5, 5.41) is 4.51. The summed E-state index contributed by atoms with van der Waals surface area (Å²) in [6.07, 6.45) is 1.46. The van der Waals surface area contributed by atoms with Gasteiger partial charge in [0.15, 0.2) is 0 Å². The first-order valence-corrected chi connectivity index (χ1v) is 14.3. The number of imide groups is 2. The van der Waals surface area contributed by atoms with Crippen LogP contribution in [0.1, 0.15) is 27.8 Å². The standard InChI is InChI=1S/C37H30N2O5/c1-24-11-14-26(15-12-24)22-43-30-19-17-29(18-20-30)39-36(41)32(35(40)38-37(39)42)21-28-8-4-6-10-34(28)44-23-33-25(2)13-16-27-7-3-5-9-31(27)33/h3-21H,22-23H2,1-2H3,(H,38,40,42)/b32-21+. The minimum atomic E-state index is -0.818. The molecule has 0 aliphatic carbocycles. The van der Waals surface area contributed by atoms with Crippen molar-refractivity contribution in [2.45, 2.75) is 27.1 Å². The fraction of sp³-hybridized carbons (Fsp3) is 0.108. The second-order valence-electron chi connectivity index (χ2n) is 10.6. The molecule has 0 unspecified atom stereocenters. The molecule has 5 aromatic carbocycles. The van der Waals surface area contributed by atoms with Gasteiger partial charge in [-0.15, -0.1) is 0 Å². The Morgan fingerprint density at radius 3 is 2.25 bits per heavy atom. The Hall–Kier alpha value is -5.69. The molecule has 0 atom stereocenters. The van der Waals surface area contributed by atoms with Gasteiger partial charge < -0.3 is 9.47 Å².